The second kappa shape index (κ2) is 55.6. The Hall–Kier alpha value is -0.890. The summed E-state index contributed by atoms with van der Waals surface area (Å²) in [5, 5.41) is 76.5. The van der Waals surface area contributed by atoms with E-state index in [0.29, 0.717) is 19.3 Å². The Bertz CT molecular complexity index is 1210. The van der Waals surface area contributed by atoms with Crippen molar-refractivity contribution >= 4 is 5.91 Å². The van der Waals surface area contributed by atoms with E-state index < -0.39 is 74.2 Å². The summed E-state index contributed by atoms with van der Waals surface area (Å²) < 4.78 is 11.2. The van der Waals surface area contributed by atoms with Crippen molar-refractivity contribution in [3.05, 3.63) is 0 Å². The van der Waals surface area contributed by atoms with Gasteiger partial charge in [-0.25, -0.2) is 0 Å². The molecule has 0 aromatic rings. The van der Waals surface area contributed by atoms with Gasteiger partial charge in [0.05, 0.1) is 25.4 Å². The van der Waals surface area contributed by atoms with Crippen LogP contribution in [0, 0.1) is 0 Å². The molecule has 460 valence electrons. The first-order chi connectivity index (χ1) is 37.7. The van der Waals surface area contributed by atoms with Gasteiger partial charge in [-0.15, -0.1) is 0 Å². The third-order valence-corrected chi connectivity index (χ3v) is 16.9. The number of carbonyl (C=O) groups is 1. The lowest BCUT2D eigenvalue weighted by Gasteiger charge is -2.40. The smallest absolute Gasteiger partial charge is 0.249 e. The molecule has 0 saturated carbocycles. The summed E-state index contributed by atoms with van der Waals surface area (Å²) in [7, 11) is 0. The quantitative estimate of drug-likeness (QED) is 0.0272. The zero-order valence-electron chi connectivity index (χ0n) is 50.7. The molecule has 0 aromatic heterocycles. The van der Waals surface area contributed by atoms with Gasteiger partial charge in [-0.2, -0.15) is 0 Å². The molecule has 9 unspecified atom stereocenters. The maximum Gasteiger partial charge on any atom is 0.249 e. The second-order valence-corrected chi connectivity index (χ2v) is 24.3. The molecule has 8 N–H and O–H groups in total. The zero-order chi connectivity index (χ0) is 56.1. The molecule has 1 fully saturated rings. The lowest BCUT2D eigenvalue weighted by molar-refractivity contribution is -0.303. The van der Waals surface area contributed by atoms with Gasteiger partial charge in [0.2, 0.25) is 5.91 Å². The van der Waals surface area contributed by atoms with Crippen molar-refractivity contribution in [2.24, 2.45) is 0 Å². The van der Waals surface area contributed by atoms with Crippen LogP contribution in [0.5, 0.6) is 0 Å². The maximum absolute atomic E-state index is 13.2. The fourth-order valence-corrected chi connectivity index (χ4v) is 11.4. The first-order valence-corrected chi connectivity index (χ1v) is 33.9. The van der Waals surface area contributed by atoms with Gasteiger partial charge < -0.3 is 50.5 Å². The lowest BCUT2D eigenvalue weighted by Crippen LogP contribution is -2.60. The first kappa shape index (κ1) is 74.1. The van der Waals surface area contributed by atoms with Crippen molar-refractivity contribution in [2.75, 3.05) is 13.2 Å². The summed E-state index contributed by atoms with van der Waals surface area (Å²) in [6.45, 7) is 3.52. The summed E-state index contributed by atoms with van der Waals surface area (Å²) in [5.41, 5.74) is 0. The third-order valence-electron chi connectivity index (χ3n) is 16.9. The van der Waals surface area contributed by atoms with Crippen LogP contribution in [0.1, 0.15) is 348 Å². The maximum atomic E-state index is 13.2. The van der Waals surface area contributed by atoms with Crippen LogP contribution in [0.25, 0.3) is 0 Å². The summed E-state index contributed by atoms with van der Waals surface area (Å²) >= 11 is 0. The highest BCUT2D eigenvalue weighted by Gasteiger charge is 2.44. The Labute approximate surface area is 475 Å². The molecule has 11 heteroatoms. The van der Waals surface area contributed by atoms with E-state index in [0.717, 1.165) is 38.5 Å². The number of nitrogens with one attached hydrogen (secondary N) is 1. The van der Waals surface area contributed by atoms with Gasteiger partial charge in [0.25, 0.3) is 0 Å². The Balaban J connectivity index is 2.19. The van der Waals surface area contributed by atoms with E-state index in [9.17, 15) is 40.5 Å². The number of amides is 1. The Kier molecular flexibility index (Phi) is 53.6. The number of rotatable bonds is 60. The highest BCUT2D eigenvalue weighted by atomic mass is 16.7. The monoisotopic (exact) mass is 1100 g/mol. The molecule has 0 radical (unpaired) electrons. The van der Waals surface area contributed by atoms with E-state index >= 15 is 0 Å². The van der Waals surface area contributed by atoms with Crippen LogP contribution in [-0.4, -0.2) is 110 Å². The summed E-state index contributed by atoms with van der Waals surface area (Å²) in [6, 6.07) is -1.16. The Morgan fingerprint density at radius 3 is 0.961 bits per heavy atom. The van der Waals surface area contributed by atoms with Crippen LogP contribution in [0.3, 0.4) is 0 Å². The molecule has 77 heavy (non-hydrogen) atoms. The Morgan fingerprint density at radius 2 is 0.675 bits per heavy atom. The van der Waals surface area contributed by atoms with Crippen LogP contribution in [0.15, 0.2) is 0 Å². The average Bonchev–Trinajstić information content (AvgIpc) is 3.43. The standard InChI is InChI=1S/C66H131NO10/c1-3-5-7-9-11-13-15-17-19-21-23-25-26-27-28-29-30-31-32-33-34-36-37-39-41-43-45-47-49-51-53-58(69)61(71)57(56-76-66-64(74)63(73)62(72)60(55-68)77-66)67-65(75)59(70)54-52-50-48-46-44-42-40-38-35-24-22-20-18-16-14-12-10-8-6-4-2/h57-64,66,68-74H,3-56H2,1-2H3,(H,67,75). The van der Waals surface area contributed by atoms with E-state index in [2.05, 4.69) is 19.2 Å². The molecule has 1 rings (SSSR count). The minimum absolute atomic E-state index is 0.267. The summed E-state index contributed by atoms with van der Waals surface area (Å²) in [6.07, 6.45) is 54.6. The number of aliphatic hydroxyl groups is 7. The second-order valence-electron chi connectivity index (χ2n) is 24.3. The molecule has 1 amide bonds. The van der Waals surface area contributed by atoms with Gasteiger partial charge in [-0.05, 0) is 12.8 Å². The number of carbonyl (C=O) groups excluding carboxylic acids is 1. The molecule has 1 saturated heterocycles. The van der Waals surface area contributed by atoms with Gasteiger partial charge in [-0.1, -0.05) is 335 Å². The van der Waals surface area contributed by atoms with Crippen molar-refractivity contribution in [3.8, 4) is 0 Å². The van der Waals surface area contributed by atoms with E-state index in [1.54, 1.807) is 0 Å². The molecule has 9 atom stereocenters. The number of hydrogen-bond acceptors (Lipinski definition) is 10. The predicted molar refractivity (Wildman–Crippen MR) is 321 cm³/mol. The highest BCUT2D eigenvalue weighted by molar-refractivity contribution is 5.80. The van der Waals surface area contributed by atoms with Crippen molar-refractivity contribution in [1.82, 2.24) is 5.32 Å². The predicted octanol–water partition coefficient (Wildman–Crippen LogP) is 15.7. The molecule has 0 bridgehead atoms. The number of unbranched alkanes of at least 4 members (excludes halogenated alkanes) is 48. The molecule has 1 aliphatic heterocycles. The number of aliphatic hydroxyl groups excluding tert-OH is 7. The summed E-state index contributed by atoms with van der Waals surface area (Å²) in [4.78, 5) is 13.2. The van der Waals surface area contributed by atoms with Gasteiger partial charge in [0.15, 0.2) is 6.29 Å². The van der Waals surface area contributed by atoms with Crippen molar-refractivity contribution in [3.63, 3.8) is 0 Å². The van der Waals surface area contributed by atoms with Gasteiger partial charge in [0.1, 0.15) is 36.6 Å². The molecular weight excluding hydrogens is 967 g/mol. The molecule has 0 spiro atoms. The van der Waals surface area contributed by atoms with Gasteiger partial charge in [-0.3, -0.25) is 4.79 Å². The van der Waals surface area contributed by atoms with E-state index in [1.807, 2.05) is 0 Å². The minimum Gasteiger partial charge on any atom is -0.394 e. The van der Waals surface area contributed by atoms with E-state index in [4.69, 9.17) is 9.47 Å². The third kappa shape index (κ3) is 43.5. The normalized spacial score (nSPS) is 19.4. The lowest BCUT2D eigenvalue weighted by atomic mass is 9.98. The van der Waals surface area contributed by atoms with Crippen molar-refractivity contribution in [1.29, 1.82) is 0 Å². The van der Waals surface area contributed by atoms with E-state index in [-0.39, 0.29) is 6.42 Å². The highest BCUT2D eigenvalue weighted by Crippen LogP contribution is 2.24. The number of ether oxygens (including phenoxy) is 2. The largest absolute Gasteiger partial charge is 0.394 e. The van der Waals surface area contributed by atoms with Gasteiger partial charge in [0, 0.05) is 0 Å². The molecular formula is C66H131NO10. The molecule has 1 heterocycles. The first-order valence-electron chi connectivity index (χ1n) is 33.9. The topological polar surface area (TPSA) is 189 Å². The van der Waals surface area contributed by atoms with Crippen molar-refractivity contribution in [2.45, 2.75) is 403 Å². The molecule has 0 aliphatic carbocycles. The number of hydrogen-bond donors (Lipinski definition) is 8. The van der Waals surface area contributed by atoms with Gasteiger partial charge >= 0.3 is 0 Å². The summed E-state index contributed by atoms with van der Waals surface area (Å²) in [5.74, 6) is -0.688. The molecule has 1 aliphatic rings. The van der Waals surface area contributed by atoms with Crippen LogP contribution < -0.4 is 5.32 Å². The zero-order valence-corrected chi connectivity index (χ0v) is 50.7. The van der Waals surface area contributed by atoms with Crippen LogP contribution in [-0.2, 0) is 14.3 Å². The van der Waals surface area contributed by atoms with Crippen LogP contribution in [0.4, 0.5) is 0 Å². The average molecular weight is 1100 g/mol. The minimum atomic E-state index is -1.66. The fourth-order valence-electron chi connectivity index (χ4n) is 11.4. The van der Waals surface area contributed by atoms with Crippen LogP contribution >= 0.6 is 0 Å². The fraction of sp³-hybridized carbons (Fsp3) is 0.985. The van der Waals surface area contributed by atoms with Crippen LogP contribution in [0.2, 0.25) is 0 Å². The van der Waals surface area contributed by atoms with Crippen molar-refractivity contribution < 1.29 is 50.0 Å². The van der Waals surface area contributed by atoms with E-state index in [1.165, 1.54) is 270 Å². The SMILES string of the molecule is CCCCCCCCCCCCCCCCCCCCCCCCCCCCCCCCC(O)C(O)C(COC1OC(CO)C(O)C(O)C1O)NC(=O)C(O)CCCCCCCCCCCCCCCCCCCCCC. The Morgan fingerprint density at radius 1 is 0.403 bits per heavy atom. The molecule has 11 nitrogen and oxygen atoms in total. The molecule has 0 aromatic carbocycles.